The zero-order valence-electron chi connectivity index (χ0n) is 16.6. The lowest BCUT2D eigenvalue weighted by Gasteiger charge is -2.41. The van der Waals surface area contributed by atoms with E-state index < -0.39 is 11.5 Å². The number of ether oxygens (including phenoxy) is 1. The van der Waals surface area contributed by atoms with E-state index in [-0.39, 0.29) is 18.4 Å². The van der Waals surface area contributed by atoms with Gasteiger partial charge < -0.3 is 15.4 Å². The van der Waals surface area contributed by atoms with Crippen molar-refractivity contribution in [3.63, 3.8) is 0 Å². The lowest BCUT2D eigenvalue weighted by molar-refractivity contribution is -0.163. The molecule has 0 unspecified atom stereocenters. The Morgan fingerprint density at radius 2 is 1.71 bits per heavy atom. The van der Waals surface area contributed by atoms with Gasteiger partial charge in [0.15, 0.2) is 5.60 Å². The van der Waals surface area contributed by atoms with Gasteiger partial charge in [-0.2, -0.15) is 0 Å². The van der Waals surface area contributed by atoms with Crippen LogP contribution in [0.4, 0.5) is 0 Å². The van der Waals surface area contributed by atoms with Crippen molar-refractivity contribution in [1.29, 1.82) is 0 Å². The molecule has 148 valence electrons. The Labute approximate surface area is 166 Å². The molecule has 3 rings (SSSR count). The average molecular weight is 380 g/mol. The zero-order valence-corrected chi connectivity index (χ0v) is 16.6. The fraction of sp³-hybridized carbons (Fsp3) is 0.391. The molecule has 1 heterocycles. The summed E-state index contributed by atoms with van der Waals surface area (Å²) in [7, 11) is 0. The molecule has 1 saturated heterocycles. The highest BCUT2D eigenvalue weighted by molar-refractivity contribution is 5.86. The maximum atomic E-state index is 12.5. The van der Waals surface area contributed by atoms with Gasteiger partial charge in [-0.1, -0.05) is 68.4 Å². The molecule has 1 atom stereocenters. The third-order valence-corrected chi connectivity index (χ3v) is 5.12. The van der Waals surface area contributed by atoms with Crippen LogP contribution in [0.15, 0.2) is 54.6 Å². The first-order chi connectivity index (χ1) is 13.4. The molecule has 2 amide bonds. The van der Waals surface area contributed by atoms with E-state index in [2.05, 4.69) is 12.1 Å². The minimum absolute atomic E-state index is 0.0448. The second kappa shape index (κ2) is 8.57. The van der Waals surface area contributed by atoms with Gasteiger partial charge in [0.25, 0.3) is 5.91 Å². The molecule has 5 nitrogen and oxygen atoms in total. The average Bonchev–Trinajstić information content (AvgIpc) is 2.69. The van der Waals surface area contributed by atoms with Crippen molar-refractivity contribution in [3.8, 4) is 11.1 Å². The van der Waals surface area contributed by atoms with Crippen LogP contribution < -0.4 is 5.73 Å². The molecule has 2 aromatic carbocycles. The van der Waals surface area contributed by atoms with Crippen molar-refractivity contribution in [2.45, 2.75) is 32.3 Å². The predicted molar refractivity (Wildman–Crippen MR) is 109 cm³/mol. The molecular weight excluding hydrogens is 352 g/mol. The number of nitrogens with zero attached hydrogens (tertiary/aromatic N) is 1. The van der Waals surface area contributed by atoms with Crippen molar-refractivity contribution in [1.82, 2.24) is 4.90 Å². The van der Waals surface area contributed by atoms with Gasteiger partial charge in [0.2, 0.25) is 5.91 Å². The van der Waals surface area contributed by atoms with Gasteiger partial charge in [0.05, 0.1) is 13.2 Å². The number of benzene rings is 2. The number of morpholine rings is 1. The number of rotatable bonds is 6. The van der Waals surface area contributed by atoms with Crippen LogP contribution in [0.2, 0.25) is 0 Å². The van der Waals surface area contributed by atoms with Gasteiger partial charge in [0.1, 0.15) is 0 Å². The summed E-state index contributed by atoms with van der Waals surface area (Å²) in [5, 5.41) is 0. The van der Waals surface area contributed by atoms with E-state index in [0.29, 0.717) is 26.0 Å². The van der Waals surface area contributed by atoms with E-state index in [0.717, 1.165) is 16.7 Å². The molecule has 28 heavy (non-hydrogen) atoms. The topological polar surface area (TPSA) is 72.6 Å². The molecule has 0 bridgehead atoms. The Bertz CT molecular complexity index is 818. The summed E-state index contributed by atoms with van der Waals surface area (Å²) in [6, 6.07) is 18.2. The number of carbonyl (C=O) groups is 2. The maximum Gasteiger partial charge on any atom is 0.251 e. The Hall–Kier alpha value is -2.66. The van der Waals surface area contributed by atoms with Crippen LogP contribution in [-0.2, 0) is 20.7 Å². The Morgan fingerprint density at radius 1 is 1.07 bits per heavy atom. The van der Waals surface area contributed by atoms with Crippen molar-refractivity contribution in [2.24, 2.45) is 11.7 Å². The van der Waals surface area contributed by atoms with E-state index >= 15 is 0 Å². The fourth-order valence-electron chi connectivity index (χ4n) is 3.59. The molecule has 0 aliphatic carbocycles. The number of hydrogen-bond donors (Lipinski definition) is 1. The van der Waals surface area contributed by atoms with Gasteiger partial charge >= 0.3 is 0 Å². The van der Waals surface area contributed by atoms with Crippen LogP contribution in [0.3, 0.4) is 0 Å². The van der Waals surface area contributed by atoms with Crippen LogP contribution in [0.1, 0.15) is 25.8 Å². The monoisotopic (exact) mass is 380 g/mol. The second-order valence-electron chi connectivity index (χ2n) is 7.86. The fourth-order valence-corrected chi connectivity index (χ4v) is 3.59. The van der Waals surface area contributed by atoms with E-state index in [1.54, 1.807) is 4.90 Å². The molecule has 2 N–H and O–H groups in total. The Balaban J connectivity index is 1.77. The first kappa shape index (κ1) is 20.1. The molecule has 0 radical (unpaired) electrons. The quantitative estimate of drug-likeness (QED) is 0.837. The summed E-state index contributed by atoms with van der Waals surface area (Å²) >= 11 is 0. The SMILES string of the molecule is CC(C)CC(=O)N1CCO[C@](Cc2ccc(-c3ccccc3)cc2)(C(N)=O)C1. The third-order valence-electron chi connectivity index (χ3n) is 5.12. The van der Waals surface area contributed by atoms with Crippen LogP contribution >= 0.6 is 0 Å². The van der Waals surface area contributed by atoms with Gasteiger partial charge in [-0.25, -0.2) is 0 Å². The van der Waals surface area contributed by atoms with E-state index in [4.69, 9.17) is 10.5 Å². The van der Waals surface area contributed by atoms with Crippen LogP contribution in [-0.4, -0.2) is 42.0 Å². The zero-order chi connectivity index (χ0) is 20.1. The number of primary amides is 1. The smallest absolute Gasteiger partial charge is 0.251 e. The lowest BCUT2D eigenvalue weighted by Crippen LogP contribution is -2.61. The summed E-state index contributed by atoms with van der Waals surface area (Å²) in [4.78, 5) is 26.5. The van der Waals surface area contributed by atoms with Gasteiger partial charge in [-0.05, 0) is 22.6 Å². The Kier molecular flexibility index (Phi) is 6.15. The molecule has 0 aromatic heterocycles. The second-order valence-corrected chi connectivity index (χ2v) is 7.86. The minimum atomic E-state index is -1.18. The summed E-state index contributed by atoms with van der Waals surface area (Å²) in [5.74, 6) is -0.214. The van der Waals surface area contributed by atoms with E-state index in [9.17, 15) is 9.59 Å². The van der Waals surface area contributed by atoms with Gasteiger partial charge in [0, 0.05) is 19.4 Å². The van der Waals surface area contributed by atoms with Crippen molar-refractivity contribution < 1.29 is 14.3 Å². The number of carbonyl (C=O) groups excluding carboxylic acids is 2. The molecule has 2 aromatic rings. The van der Waals surface area contributed by atoms with Crippen molar-refractivity contribution in [3.05, 3.63) is 60.2 Å². The number of nitrogens with two attached hydrogens (primary N) is 1. The summed E-state index contributed by atoms with van der Waals surface area (Å²) in [5.41, 5.74) is 7.75. The highest BCUT2D eigenvalue weighted by atomic mass is 16.5. The minimum Gasteiger partial charge on any atom is -0.367 e. The molecule has 0 saturated carbocycles. The highest BCUT2D eigenvalue weighted by Gasteiger charge is 2.43. The van der Waals surface area contributed by atoms with Gasteiger partial charge in [-0.15, -0.1) is 0 Å². The van der Waals surface area contributed by atoms with Crippen molar-refractivity contribution in [2.75, 3.05) is 19.7 Å². The predicted octanol–water partition coefficient (Wildman–Crippen LogP) is 3.03. The van der Waals surface area contributed by atoms with Crippen LogP contribution in [0.5, 0.6) is 0 Å². The highest BCUT2D eigenvalue weighted by Crippen LogP contribution is 2.26. The van der Waals surface area contributed by atoms with E-state index in [1.165, 1.54) is 0 Å². The van der Waals surface area contributed by atoms with Gasteiger partial charge in [-0.3, -0.25) is 9.59 Å². The van der Waals surface area contributed by atoms with E-state index in [1.807, 2.05) is 56.3 Å². The molecule has 1 fully saturated rings. The molecule has 1 aliphatic rings. The first-order valence-electron chi connectivity index (χ1n) is 9.75. The summed E-state index contributed by atoms with van der Waals surface area (Å²) in [6.07, 6.45) is 0.809. The van der Waals surface area contributed by atoms with Crippen molar-refractivity contribution >= 4 is 11.8 Å². The summed E-state index contributed by atoms with van der Waals surface area (Å²) < 4.78 is 5.86. The molecular formula is C23H28N2O3. The third kappa shape index (κ3) is 4.60. The number of amides is 2. The maximum absolute atomic E-state index is 12.5. The molecule has 5 heteroatoms. The van der Waals surface area contributed by atoms with Crippen LogP contribution in [0.25, 0.3) is 11.1 Å². The summed E-state index contributed by atoms with van der Waals surface area (Å²) in [6.45, 7) is 5.03. The lowest BCUT2D eigenvalue weighted by atomic mass is 9.90. The normalized spacial score (nSPS) is 19.6. The number of hydrogen-bond acceptors (Lipinski definition) is 3. The molecule has 0 spiro atoms. The largest absolute Gasteiger partial charge is 0.367 e. The standard InChI is InChI=1S/C23H28N2O3/c1-17(2)14-21(26)25-12-13-28-23(16-25,22(24)27)15-18-8-10-20(11-9-18)19-6-4-3-5-7-19/h3-11,17H,12-16H2,1-2H3,(H2,24,27)/t23-/m0/s1. The molecule has 1 aliphatic heterocycles. The Morgan fingerprint density at radius 3 is 2.32 bits per heavy atom. The first-order valence-corrected chi connectivity index (χ1v) is 9.75. The van der Waals surface area contributed by atoms with Crippen LogP contribution in [0, 0.1) is 5.92 Å².